The predicted octanol–water partition coefficient (Wildman–Crippen LogP) is 8.28. The van der Waals surface area contributed by atoms with Crippen molar-refractivity contribution in [2.24, 2.45) is 0 Å². The Morgan fingerprint density at radius 1 is 0.708 bits per heavy atom. The molecule has 0 unspecified atom stereocenters. The van der Waals surface area contributed by atoms with E-state index in [1.807, 2.05) is 0 Å². The Bertz CT molecular complexity index is 337. The van der Waals surface area contributed by atoms with Crippen LogP contribution in [0.5, 0.6) is 0 Å². The zero-order valence-electron chi connectivity index (χ0n) is 18.1. The minimum atomic E-state index is -2.18. The summed E-state index contributed by atoms with van der Waals surface area (Å²) in [5, 5.41) is 0. The molecule has 2 heteroatoms. The van der Waals surface area contributed by atoms with Gasteiger partial charge >= 0.3 is 160 Å². The average molecular weight is 457 g/mol. The minimum absolute atomic E-state index is 0.843. The van der Waals surface area contributed by atoms with Crippen LogP contribution in [0.3, 0.4) is 0 Å². The van der Waals surface area contributed by atoms with Gasteiger partial charge in [-0.2, -0.15) is 0 Å². The van der Waals surface area contributed by atoms with Gasteiger partial charge in [0, 0.05) is 0 Å². The Morgan fingerprint density at radius 2 is 1.12 bits per heavy atom. The molecule has 0 bridgehead atoms. The molecule has 0 aliphatic heterocycles. The second kappa shape index (κ2) is 13.7. The summed E-state index contributed by atoms with van der Waals surface area (Å²) in [5.41, 5.74) is 3.81. The van der Waals surface area contributed by atoms with E-state index in [-0.39, 0.29) is 0 Å². The molecule has 0 radical (unpaired) electrons. The quantitative estimate of drug-likeness (QED) is 0.193. The van der Waals surface area contributed by atoms with Gasteiger partial charge in [-0.3, -0.25) is 0 Å². The van der Waals surface area contributed by atoms with Gasteiger partial charge in [-0.05, 0) is 0 Å². The Kier molecular flexibility index (Phi) is 14.1. The van der Waals surface area contributed by atoms with E-state index in [9.17, 15) is 0 Å². The number of rotatable bonds is 13. The van der Waals surface area contributed by atoms with Gasteiger partial charge < -0.3 is 0 Å². The van der Waals surface area contributed by atoms with Gasteiger partial charge in [0.05, 0.1) is 0 Å². The molecule has 0 aliphatic rings. The summed E-state index contributed by atoms with van der Waals surface area (Å²) in [7, 11) is -1.26. The van der Waals surface area contributed by atoms with Crippen molar-refractivity contribution < 1.29 is 0 Å². The van der Waals surface area contributed by atoms with Gasteiger partial charge in [0.2, 0.25) is 0 Å². The van der Waals surface area contributed by atoms with E-state index < -0.39 is 26.5 Å². The second-order valence-corrected chi connectivity index (χ2v) is 27.7. The Hall–Kier alpha value is 0.576. The SMILES string of the molecule is CCCC[C@H](C#C[Si](C)(C)C)[Sn]([CH2]CCC)([CH2]CCC)[CH2]CCC. The topological polar surface area (TPSA) is 0 Å². The summed E-state index contributed by atoms with van der Waals surface area (Å²) in [5.74, 6) is 3.97. The molecule has 0 aliphatic carbocycles. The third kappa shape index (κ3) is 10.5. The molecule has 0 nitrogen and oxygen atoms in total. The van der Waals surface area contributed by atoms with E-state index in [0.717, 1.165) is 3.93 Å². The predicted molar refractivity (Wildman–Crippen MR) is 119 cm³/mol. The summed E-state index contributed by atoms with van der Waals surface area (Å²) in [6.07, 6.45) is 12.7. The standard InChI is InChI=1S/C10H19Si.3C4H9.Sn/c1-5-6-7-8-9-10-11(2,3)4;3*1-3-4-2;/h8H,5-7H2,1-4H3;3*1,3-4H2,2H3;. The molecule has 142 valence electrons. The normalized spacial score (nSPS) is 13.5. The van der Waals surface area contributed by atoms with E-state index in [2.05, 4.69) is 58.8 Å². The van der Waals surface area contributed by atoms with Crippen LogP contribution in [-0.4, -0.2) is 26.5 Å². The van der Waals surface area contributed by atoms with Gasteiger partial charge in [-0.1, -0.05) is 0 Å². The van der Waals surface area contributed by atoms with Gasteiger partial charge in [0.25, 0.3) is 0 Å². The summed E-state index contributed by atoms with van der Waals surface area (Å²) in [4.78, 5) is 0. The van der Waals surface area contributed by atoms with E-state index in [1.165, 1.54) is 57.8 Å². The summed E-state index contributed by atoms with van der Waals surface area (Å²) in [6.45, 7) is 16.7. The second-order valence-electron chi connectivity index (χ2n) is 8.89. The fourth-order valence-electron chi connectivity index (χ4n) is 3.73. The van der Waals surface area contributed by atoms with E-state index in [1.54, 1.807) is 13.3 Å². The molecule has 0 spiro atoms. The molecule has 0 heterocycles. The van der Waals surface area contributed by atoms with Crippen LogP contribution >= 0.6 is 0 Å². The molecule has 0 N–H and O–H groups in total. The van der Waals surface area contributed by atoms with Gasteiger partial charge in [0.15, 0.2) is 0 Å². The Morgan fingerprint density at radius 3 is 1.46 bits per heavy atom. The van der Waals surface area contributed by atoms with E-state index in [4.69, 9.17) is 0 Å². The molecule has 0 rings (SSSR count). The zero-order valence-corrected chi connectivity index (χ0v) is 21.9. The van der Waals surface area contributed by atoms with Crippen LogP contribution in [0.15, 0.2) is 0 Å². The molecule has 0 amide bonds. The number of unbranched alkanes of at least 4 members (excludes halogenated alkanes) is 4. The van der Waals surface area contributed by atoms with Crippen LogP contribution in [0, 0.1) is 11.5 Å². The fraction of sp³-hybridized carbons (Fsp3) is 0.909. The van der Waals surface area contributed by atoms with Crippen molar-refractivity contribution >= 4 is 26.5 Å². The van der Waals surface area contributed by atoms with E-state index >= 15 is 0 Å². The molecule has 0 fully saturated rings. The van der Waals surface area contributed by atoms with Crippen LogP contribution in [0.25, 0.3) is 0 Å². The maximum atomic E-state index is 3.97. The fourth-order valence-corrected chi connectivity index (χ4v) is 22.3. The van der Waals surface area contributed by atoms with Gasteiger partial charge in [0.1, 0.15) is 0 Å². The molecule has 0 saturated carbocycles. The summed E-state index contributed by atoms with van der Waals surface area (Å²) < 4.78 is 5.68. The maximum absolute atomic E-state index is 3.97. The number of hydrogen-bond donors (Lipinski definition) is 0. The van der Waals surface area contributed by atoms with E-state index in [0.29, 0.717) is 0 Å². The molecule has 0 saturated heterocycles. The van der Waals surface area contributed by atoms with Crippen molar-refractivity contribution in [3.05, 3.63) is 0 Å². The average Bonchev–Trinajstić information content (AvgIpc) is 2.54. The van der Waals surface area contributed by atoms with Crippen molar-refractivity contribution in [2.45, 2.75) is 122 Å². The first-order chi connectivity index (χ1) is 11.3. The third-order valence-corrected chi connectivity index (χ3v) is 23.2. The molecule has 0 aromatic rings. The summed E-state index contributed by atoms with van der Waals surface area (Å²) in [6, 6.07) is 0. The van der Waals surface area contributed by atoms with Gasteiger partial charge in [-0.15, -0.1) is 0 Å². The molecular weight excluding hydrogens is 411 g/mol. The molecule has 1 atom stereocenters. The molecule has 0 aromatic carbocycles. The summed E-state index contributed by atoms with van der Waals surface area (Å²) >= 11 is -2.18. The first-order valence-electron chi connectivity index (χ1n) is 10.9. The van der Waals surface area contributed by atoms with Gasteiger partial charge in [-0.25, -0.2) is 0 Å². The Labute approximate surface area is 159 Å². The van der Waals surface area contributed by atoms with Crippen LogP contribution in [0.1, 0.15) is 85.5 Å². The molecular formula is C22H46SiSn. The molecule has 24 heavy (non-hydrogen) atoms. The first kappa shape index (κ1) is 24.6. The van der Waals surface area contributed by atoms with Crippen molar-refractivity contribution in [3.63, 3.8) is 0 Å². The zero-order chi connectivity index (χ0) is 18.5. The van der Waals surface area contributed by atoms with Crippen LogP contribution < -0.4 is 0 Å². The number of hydrogen-bond acceptors (Lipinski definition) is 0. The van der Waals surface area contributed by atoms with Crippen LogP contribution in [0.2, 0.25) is 36.9 Å². The third-order valence-electron chi connectivity index (χ3n) is 5.29. The molecule has 0 aromatic heterocycles. The van der Waals surface area contributed by atoms with Crippen LogP contribution in [-0.2, 0) is 0 Å². The van der Waals surface area contributed by atoms with Crippen molar-refractivity contribution in [1.82, 2.24) is 0 Å². The monoisotopic (exact) mass is 458 g/mol. The Balaban J connectivity index is 5.62. The van der Waals surface area contributed by atoms with Crippen LogP contribution in [0.4, 0.5) is 0 Å². The first-order valence-corrected chi connectivity index (χ1v) is 22.1. The van der Waals surface area contributed by atoms with Crippen molar-refractivity contribution in [2.75, 3.05) is 0 Å². The van der Waals surface area contributed by atoms with Crippen molar-refractivity contribution in [3.8, 4) is 11.5 Å². The van der Waals surface area contributed by atoms with Crippen molar-refractivity contribution in [1.29, 1.82) is 0 Å².